The lowest BCUT2D eigenvalue weighted by molar-refractivity contribution is -0.143. The summed E-state index contributed by atoms with van der Waals surface area (Å²) in [7, 11) is 1.36. The predicted molar refractivity (Wildman–Crippen MR) is 80.3 cm³/mol. The standard InChI is InChI=1S/C13H17BrN4O2/c1-9-4-5-10(11(14)8-9)12(13(19)20-2)16-6-3-7-17-18-15/h4-5,8,12,16H,3,6-7H2,1-2H3. The Kier molecular flexibility index (Phi) is 7.08. The normalized spacial score (nSPS) is 11.6. The molecule has 1 N–H and O–H groups in total. The molecule has 0 aliphatic heterocycles. The Labute approximate surface area is 126 Å². The molecule has 0 aliphatic carbocycles. The lowest BCUT2D eigenvalue weighted by Crippen LogP contribution is -2.31. The Hall–Kier alpha value is -1.56. The van der Waals surface area contributed by atoms with Gasteiger partial charge in [-0.1, -0.05) is 33.2 Å². The number of azide groups is 1. The average Bonchev–Trinajstić information content (AvgIpc) is 2.43. The van der Waals surface area contributed by atoms with Crippen LogP contribution in [0.1, 0.15) is 23.6 Å². The van der Waals surface area contributed by atoms with E-state index in [2.05, 4.69) is 31.3 Å². The van der Waals surface area contributed by atoms with Crippen molar-refractivity contribution in [2.75, 3.05) is 20.2 Å². The highest BCUT2D eigenvalue weighted by Crippen LogP contribution is 2.25. The number of carbonyl (C=O) groups is 1. The molecule has 0 aromatic heterocycles. The van der Waals surface area contributed by atoms with Crippen molar-refractivity contribution in [3.63, 3.8) is 0 Å². The molecule has 0 bridgehead atoms. The maximum Gasteiger partial charge on any atom is 0.327 e. The van der Waals surface area contributed by atoms with Gasteiger partial charge in [-0.2, -0.15) is 0 Å². The zero-order valence-electron chi connectivity index (χ0n) is 11.5. The minimum atomic E-state index is -0.541. The summed E-state index contributed by atoms with van der Waals surface area (Å²) in [5.41, 5.74) is 10.1. The molecule has 1 aromatic rings. The first-order chi connectivity index (χ1) is 9.60. The molecule has 1 rings (SSSR count). The number of esters is 1. The van der Waals surface area contributed by atoms with Gasteiger partial charge in [0.25, 0.3) is 0 Å². The van der Waals surface area contributed by atoms with Gasteiger partial charge in [-0.3, -0.25) is 0 Å². The van der Waals surface area contributed by atoms with Crippen LogP contribution in [0.25, 0.3) is 10.4 Å². The number of ether oxygens (including phenoxy) is 1. The van der Waals surface area contributed by atoms with Gasteiger partial charge in [0.05, 0.1) is 7.11 Å². The van der Waals surface area contributed by atoms with Crippen LogP contribution in [-0.2, 0) is 9.53 Å². The van der Waals surface area contributed by atoms with Gasteiger partial charge in [0.2, 0.25) is 0 Å². The number of methoxy groups -OCH3 is 1. The largest absolute Gasteiger partial charge is 0.468 e. The van der Waals surface area contributed by atoms with Gasteiger partial charge in [-0.05, 0) is 42.6 Å². The summed E-state index contributed by atoms with van der Waals surface area (Å²) < 4.78 is 5.68. The maximum absolute atomic E-state index is 11.9. The first-order valence-corrected chi connectivity index (χ1v) is 6.97. The number of nitrogens with zero attached hydrogens (tertiary/aromatic N) is 3. The summed E-state index contributed by atoms with van der Waals surface area (Å²) >= 11 is 3.46. The van der Waals surface area contributed by atoms with Crippen molar-refractivity contribution in [3.8, 4) is 0 Å². The van der Waals surface area contributed by atoms with Gasteiger partial charge in [0.15, 0.2) is 0 Å². The summed E-state index contributed by atoms with van der Waals surface area (Å²) in [6.45, 7) is 2.93. The van der Waals surface area contributed by atoms with Crippen LogP contribution in [0.5, 0.6) is 0 Å². The fourth-order valence-corrected chi connectivity index (χ4v) is 2.47. The zero-order valence-corrected chi connectivity index (χ0v) is 13.1. The third-order valence-electron chi connectivity index (χ3n) is 2.75. The molecule has 20 heavy (non-hydrogen) atoms. The first-order valence-electron chi connectivity index (χ1n) is 6.18. The molecule has 0 aliphatic rings. The van der Waals surface area contributed by atoms with Crippen LogP contribution in [0.3, 0.4) is 0 Å². The summed E-state index contributed by atoms with van der Waals surface area (Å²) in [5, 5.41) is 6.57. The molecule has 0 spiro atoms. The first kappa shape index (κ1) is 16.5. The smallest absolute Gasteiger partial charge is 0.327 e. The molecule has 108 valence electrons. The molecule has 0 saturated carbocycles. The summed E-state index contributed by atoms with van der Waals surface area (Å²) in [6.07, 6.45) is 0.654. The maximum atomic E-state index is 11.9. The number of nitrogens with one attached hydrogen (secondary N) is 1. The van der Waals surface area contributed by atoms with Crippen LogP contribution in [0, 0.1) is 6.92 Å². The van der Waals surface area contributed by atoms with Crippen molar-refractivity contribution in [2.24, 2.45) is 5.11 Å². The number of aryl methyl sites for hydroxylation is 1. The van der Waals surface area contributed by atoms with Crippen molar-refractivity contribution in [1.82, 2.24) is 5.32 Å². The van der Waals surface area contributed by atoms with Crippen molar-refractivity contribution < 1.29 is 9.53 Å². The topological polar surface area (TPSA) is 87.1 Å². The Morgan fingerprint density at radius 2 is 2.35 bits per heavy atom. The van der Waals surface area contributed by atoms with E-state index in [1.807, 2.05) is 25.1 Å². The molecule has 6 nitrogen and oxygen atoms in total. The van der Waals surface area contributed by atoms with Gasteiger partial charge >= 0.3 is 5.97 Å². The van der Waals surface area contributed by atoms with Crippen LogP contribution in [-0.4, -0.2) is 26.2 Å². The molecular formula is C13H17BrN4O2. The van der Waals surface area contributed by atoms with Crippen molar-refractivity contribution in [1.29, 1.82) is 0 Å². The Morgan fingerprint density at radius 1 is 1.60 bits per heavy atom. The van der Waals surface area contributed by atoms with E-state index in [0.29, 0.717) is 19.5 Å². The molecule has 0 amide bonds. The number of rotatable bonds is 7. The molecule has 7 heteroatoms. The lowest BCUT2D eigenvalue weighted by atomic mass is 10.1. The third-order valence-corrected chi connectivity index (χ3v) is 3.44. The van der Waals surface area contributed by atoms with Crippen LogP contribution >= 0.6 is 15.9 Å². The minimum absolute atomic E-state index is 0.349. The molecule has 1 aromatic carbocycles. The molecule has 1 unspecified atom stereocenters. The highest BCUT2D eigenvalue weighted by Gasteiger charge is 2.22. The number of hydrogen-bond acceptors (Lipinski definition) is 4. The Balaban J connectivity index is 2.78. The van der Waals surface area contributed by atoms with E-state index >= 15 is 0 Å². The molecular weight excluding hydrogens is 324 g/mol. The lowest BCUT2D eigenvalue weighted by Gasteiger charge is -2.18. The van der Waals surface area contributed by atoms with E-state index in [4.69, 9.17) is 10.3 Å². The number of benzene rings is 1. The SMILES string of the molecule is COC(=O)C(NCCCN=[N+]=[N-])c1ccc(C)cc1Br. The predicted octanol–water partition coefficient (Wildman–Crippen LogP) is 3.26. The quantitative estimate of drug-likeness (QED) is 0.271. The molecule has 0 saturated heterocycles. The highest BCUT2D eigenvalue weighted by atomic mass is 79.9. The minimum Gasteiger partial charge on any atom is -0.468 e. The molecule has 0 fully saturated rings. The molecule has 0 heterocycles. The van der Waals surface area contributed by atoms with E-state index < -0.39 is 6.04 Å². The van der Waals surface area contributed by atoms with Crippen LogP contribution in [0.15, 0.2) is 27.8 Å². The fraction of sp³-hybridized carbons (Fsp3) is 0.462. The fourth-order valence-electron chi connectivity index (χ4n) is 1.75. The van der Waals surface area contributed by atoms with Gasteiger partial charge in [-0.25, -0.2) is 4.79 Å². The van der Waals surface area contributed by atoms with Gasteiger partial charge in [0.1, 0.15) is 6.04 Å². The summed E-state index contributed by atoms with van der Waals surface area (Å²) in [4.78, 5) is 14.6. The van der Waals surface area contributed by atoms with Crippen molar-refractivity contribution in [2.45, 2.75) is 19.4 Å². The van der Waals surface area contributed by atoms with Gasteiger partial charge in [0, 0.05) is 15.9 Å². The van der Waals surface area contributed by atoms with Crippen LogP contribution in [0.2, 0.25) is 0 Å². The van der Waals surface area contributed by atoms with E-state index in [1.165, 1.54) is 7.11 Å². The second-order valence-electron chi connectivity index (χ2n) is 4.24. The summed E-state index contributed by atoms with van der Waals surface area (Å²) in [6, 6.07) is 5.24. The van der Waals surface area contributed by atoms with Gasteiger partial charge in [-0.15, -0.1) is 0 Å². The van der Waals surface area contributed by atoms with E-state index in [1.54, 1.807) is 0 Å². The number of hydrogen-bond donors (Lipinski definition) is 1. The van der Waals surface area contributed by atoms with Gasteiger partial charge < -0.3 is 10.1 Å². The Bertz CT molecular complexity index is 515. The Morgan fingerprint density at radius 3 is 2.95 bits per heavy atom. The molecule has 1 atom stereocenters. The third kappa shape index (κ3) is 4.85. The zero-order chi connectivity index (χ0) is 15.0. The highest BCUT2D eigenvalue weighted by molar-refractivity contribution is 9.10. The second kappa shape index (κ2) is 8.58. The van der Waals surface area contributed by atoms with E-state index in [9.17, 15) is 4.79 Å². The van der Waals surface area contributed by atoms with Crippen molar-refractivity contribution in [3.05, 3.63) is 44.2 Å². The van der Waals surface area contributed by atoms with Crippen LogP contribution in [0.4, 0.5) is 0 Å². The van der Waals surface area contributed by atoms with E-state index in [0.717, 1.165) is 15.6 Å². The number of carbonyl (C=O) groups excluding carboxylic acids is 1. The summed E-state index contributed by atoms with van der Waals surface area (Å²) in [5.74, 6) is -0.349. The molecule has 0 radical (unpaired) electrons. The number of halogens is 1. The van der Waals surface area contributed by atoms with E-state index in [-0.39, 0.29) is 5.97 Å². The average molecular weight is 341 g/mol. The second-order valence-corrected chi connectivity index (χ2v) is 5.10. The van der Waals surface area contributed by atoms with Crippen molar-refractivity contribution >= 4 is 21.9 Å². The monoisotopic (exact) mass is 340 g/mol. The van der Waals surface area contributed by atoms with Crippen LogP contribution < -0.4 is 5.32 Å².